The molecular formula is C15H19ClF2N2O. The molecule has 1 aliphatic heterocycles. The molecule has 21 heavy (non-hydrogen) atoms. The fourth-order valence-corrected chi connectivity index (χ4v) is 2.81. The van der Waals surface area contributed by atoms with E-state index in [1.165, 1.54) is 5.56 Å². The van der Waals surface area contributed by atoms with Gasteiger partial charge in [-0.25, -0.2) is 0 Å². The molecule has 0 spiro atoms. The van der Waals surface area contributed by atoms with Crippen molar-refractivity contribution in [2.24, 2.45) is 5.92 Å². The second-order valence-electron chi connectivity index (χ2n) is 5.57. The van der Waals surface area contributed by atoms with E-state index in [2.05, 4.69) is 40.9 Å². The summed E-state index contributed by atoms with van der Waals surface area (Å²) in [5.74, 6) is -1.25. The number of halogens is 3. The van der Waals surface area contributed by atoms with E-state index < -0.39 is 11.3 Å². The van der Waals surface area contributed by atoms with Crippen molar-refractivity contribution in [1.82, 2.24) is 10.2 Å². The van der Waals surface area contributed by atoms with E-state index in [0.29, 0.717) is 6.04 Å². The molecule has 1 fully saturated rings. The van der Waals surface area contributed by atoms with Crippen molar-refractivity contribution < 1.29 is 13.6 Å². The van der Waals surface area contributed by atoms with Gasteiger partial charge in [0.25, 0.3) is 0 Å². The van der Waals surface area contributed by atoms with Gasteiger partial charge in [-0.15, -0.1) is 0 Å². The van der Waals surface area contributed by atoms with Crippen molar-refractivity contribution in [3.05, 3.63) is 35.9 Å². The molecule has 1 aromatic carbocycles. The van der Waals surface area contributed by atoms with Gasteiger partial charge < -0.3 is 5.32 Å². The molecule has 0 unspecified atom stereocenters. The van der Waals surface area contributed by atoms with Crippen LogP contribution in [0.1, 0.15) is 18.9 Å². The van der Waals surface area contributed by atoms with Crippen LogP contribution in [0.3, 0.4) is 0 Å². The number of hydrogen-bond donors (Lipinski definition) is 1. The summed E-state index contributed by atoms with van der Waals surface area (Å²) in [4.78, 5) is 13.4. The number of alkyl halides is 3. The molecular weight excluding hydrogens is 298 g/mol. The minimum absolute atomic E-state index is 0.173. The van der Waals surface area contributed by atoms with Crippen LogP contribution in [0.5, 0.6) is 0 Å². The zero-order chi connectivity index (χ0) is 15.5. The Morgan fingerprint density at radius 2 is 2.10 bits per heavy atom. The molecule has 1 heterocycles. The molecule has 1 aliphatic rings. The molecule has 0 radical (unpaired) electrons. The fourth-order valence-electron chi connectivity index (χ4n) is 2.74. The maximum absolute atomic E-state index is 12.6. The molecule has 1 N–H and O–H groups in total. The first kappa shape index (κ1) is 16.2. The second-order valence-corrected chi connectivity index (χ2v) is 6.05. The molecule has 0 bridgehead atoms. The Hall–Kier alpha value is -1.20. The highest BCUT2D eigenvalue weighted by Gasteiger charge is 2.37. The van der Waals surface area contributed by atoms with Crippen LogP contribution < -0.4 is 5.32 Å². The predicted octanol–water partition coefficient (Wildman–Crippen LogP) is 2.84. The van der Waals surface area contributed by atoms with Crippen molar-refractivity contribution in [1.29, 1.82) is 0 Å². The molecule has 0 aliphatic carbocycles. The standard InChI is InChI=1S/C15H19ClF2N2O/c1-11-7-13(8-19-14(21)15(16,17)18)10-20(11)9-12-5-3-2-4-6-12/h2-6,11,13H,7-10H2,1H3,(H,19,21)/t11-,13-/m1/s1. The number of benzene rings is 1. The molecule has 0 saturated carbocycles. The smallest absolute Gasteiger partial charge is 0.349 e. The summed E-state index contributed by atoms with van der Waals surface area (Å²) in [7, 11) is 0. The molecule has 0 aromatic heterocycles. The first-order chi connectivity index (χ1) is 9.86. The Morgan fingerprint density at radius 1 is 1.43 bits per heavy atom. The average molecular weight is 317 g/mol. The van der Waals surface area contributed by atoms with Gasteiger partial charge in [0, 0.05) is 25.7 Å². The minimum atomic E-state index is -3.83. The lowest BCUT2D eigenvalue weighted by molar-refractivity contribution is -0.135. The summed E-state index contributed by atoms with van der Waals surface area (Å²) >= 11 is 4.68. The summed E-state index contributed by atoms with van der Waals surface area (Å²) in [6, 6.07) is 10.5. The van der Waals surface area contributed by atoms with Gasteiger partial charge in [0.05, 0.1) is 0 Å². The summed E-state index contributed by atoms with van der Waals surface area (Å²) < 4.78 is 25.1. The van der Waals surface area contributed by atoms with Crippen LogP contribution in [-0.4, -0.2) is 35.3 Å². The number of likely N-dealkylation sites (tertiary alicyclic amines) is 1. The average Bonchev–Trinajstić information content (AvgIpc) is 2.76. The van der Waals surface area contributed by atoms with E-state index in [4.69, 9.17) is 0 Å². The third-order valence-electron chi connectivity index (χ3n) is 3.83. The maximum Gasteiger partial charge on any atom is 0.399 e. The van der Waals surface area contributed by atoms with E-state index in [9.17, 15) is 13.6 Å². The highest BCUT2D eigenvalue weighted by molar-refractivity contribution is 6.32. The predicted molar refractivity (Wildman–Crippen MR) is 78.2 cm³/mol. The molecule has 2 atom stereocenters. The first-order valence-electron chi connectivity index (χ1n) is 6.99. The van der Waals surface area contributed by atoms with E-state index in [0.717, 1.165) is 19.5 Å². The largest absolute Gasteiger partial charge is 0.399 e. The fraction of sp³-hybridized carbons (Fsp3) is 0.533. The van der Waals surface area contributed by atoms with Crippen LogP contribution in [0, 0.1) is 5.92 Å². The van der Waals surface area contributed by atoms with Crippen molar-refractivity contribution >= 4 is 17.5 Å². The second kappa shape index (κ2) is 6.71. The Kier molecular flexibility index (Phi) is 5.17. The van der Waals surface area contributed by atoms with Gasteiger partial charge in [-0.3, -0.25) is 9.69 Å². The van der Waals surface area contributed by atoms with Crippen LogP contribution in [0.4, 0.5) is 8.78 Å². The SMILES string of the molecule is C[C@@H]1C[C@H](CNC(=O)C(F)(F)Cl)CN1Cc1ccccc1. The first-order valence-corrected chi connectivity index (χ1v) is 7.37. The zero-order valence-corrected chi connectivity index (χ0v) is 12.6. The molecule has 3 nitrogen and oxygen atoms in total. The summed E-state index contributed by atoms with van der Waals surface area (Å²) in [6.45, 7) is 3.96. The number of rotatable bonds is 5. The summed E-state index contributed by atoms with van der Waals surface area (Å²) in [5, 5.41) is -1.60. The van der Waals surface area contributed by atoms with E-state index in [1.54, 1.807) is 0 Å². The van der Waals surface area contributed by atoms with Crippen molar-refractivity contribution in [3.63, 3.8) is 0 Å². The zero-order valence-electron chi connectivity index (χ0n) is 11.9. The Labute approximate surface area is 128 Å². The van der Waals surface area contributed by atoms with Gasteiger partial charge in [-0.05, 0) is 36.4 Å². The summed E-state index contributed by atoms with van der Waals surface area (Å²) in [6.07, 6.45) is 0.876. The topological polar surface area (TPSA) is 32.3 Å². The molecule has 1 aromatic rings. The van der Waals surface area contributed by atoms with E-state index in [-0.39, 0.29) is 12.5 Å². The van der Waals surface area contributed by atoms with Crippen LogP contribution in [-0.2, 0) is 11.3 Å². The van der Waals surface area contributed by atoms with Crippen LogP contribution >= 0.6 is 11.6 Å². The lowest BCUT2D eigenvalue weighted by atomic mass is 10.1. The number of amides is 1. The van der Waals surface area contributed by atoms with Gasteiger partial charge in [-0.2, -0.15) is 8.78 Å². The Bertz CT molecular complexity index is 478. The number of carbonyl (C=O) groups excluding carboxylic acids is 1. The Balaban J connectivity index is 1.82. The van der Waals surface area contributed by atoms with Gasteiger partial charge in [0.15, 0.2) is 0 Å². The van der Waals surface area contributed by atoms with Gasteiger partial charge in [-0.1, -0.05) is 30.3 Å². The highest BCUT2D eigenvalue weighted by atomic mass is 35.5. The van der Waals surface area contributed by atoms with Crippen molar-refractivity contribution in [3.8, 4) is 0 Å². The maximum atomic E-state index is 12.6. The van der Waals surface area contributed by atoms with Crippen LogP contribution in [0.2, 0.25) is 0 Å². The number of nitrogens with one attached hydrogen (secondary N) is 1. The van der Waals surface area contributed by atoms with Gasteiger partial charge in [0.2, 0.25) is 0 Å². The lowest BCUT2D eigenvalue weighted by Gasteiger charge is -2.21. The van der Waals surface area contributed by atoms with Crippen molar-refractivity contribution in [2.45, 2.75) is 31.3 Å². The van der Waals surface area contributed by atoms with Gasteiger partial charge >= 0.3 is 11.3 Å². The molecule has 2 rings (SSSR count). The molecule has 6 heteroatoms. The highest BCUT2D eigenvalue weighted by Crippen LogP contribution is 2.25. The molecule has 1 amide bonds. The van der Waals surface area contributed by atoms with Gasteiger partial charge in [0.1, 0.15) is 0 Å². The van der Waals surface area contributed by atoms with E-state index in [1.807, 2.05) is 18.2 Å². The lowest BCUT2D eigenvalue weighted by Crippen LogP contribution is -2.39. The third kappa shape index (κ3) is 4.64. The summed E-state index contributed by atoms with van der Waals surface area (Å²) in [5.41, 5.74) is 1.22. The number of hydrogen-bond acceptors (Lipinski definition) is 2. The quantitative estimate of drug-likeness (QED) is 0.847. The normalized spacial score (nSPS) is 23.2. The number of nitrogens with zero attached hydrogens (tertiary/aromatic N) is 1. The van der Waals surface area contributed by atoms with Crippen LogP contribution in [0.15, 0.2) is 30.3 Å². The molecule has 116 valence electrons. The Morgan fingerprint density at radius 3 is 2.71 bits per heavy atom. The number of carbonyl (C=O) groups is 1. The monoisotopic (exact) mass is 316 g/mol. The van der Waals surface area contributed by atoms with E-state index >= 15 is 0 Å². The third-order valence-corrected chi connectivity index (χ3v) is 4.00. The van der Waals surface area contributed by atoms with Crippen LogP contribution in [0.25, 0.3) is 0 Å². The minimum Gasteiger partial charge on any atom is -0.349 e. The van der Waals surface area contributed by atoms with Crippen molar-refractivity contribution in [2.75, 3.05) is 13.1 Å². The molecule has 1 saturated heterocycles.